The molecule has 1 atom stereocenters. The third kappa shape index (κ3) is 5.60. The van der Waals surface area contributed by atoms with Gasteiger partial charge < -0.3 is 15.5 Å². The summed E-state index contributed by atoms with van der Waals surface area (Å²) >= 11 is 0. The molecule has 6 nitrogen and oxygen atoms in total. The standard InChI is InChI=1S/C19H24N4O2/c1-14(22-19(25)21-12-10-18(24)23(2)3)15-6-8-16(9-7-15)17-5-4-11-20-13-17/h4-9,11,13-14H,10,12H2,1-3H3,(H2,21,22,25). The van der Waals surface area contributed by atoms with Gasteiger partial charge in [0.15, 0.2) is 0 Å². The summed E-state index contributed by atoms with van der Waals surface area (Å²) in [6.07, 6.45) is 3.85. The molecular weight excluding hydrogens is 316 g/mol. The number of amides is 3. The molecular formula is C19H24N4O2. The molecule has 25 heavy (non-hydrogen) atoms. The van der Waals surface area contributed by atoms with E-state index in [9.17, 15) is 9.59 Å². The molecule has 6 heteroatoms. The maximum absolute atomic E-state index is 11.9. The Hall–Kier alpha value is -2.89. The summed E-state index contributed by atoms with van der Waals surface area (Å²) in [5, 5.41) is 5.57. The maximum atomic E-state index is 11.9. The van der Waals surface area contributed by atoms with E-state index in [-0.39, 0.29) is 24.4 Å². The number of urea groups is 1. The van der Waals surface area contributed by atoms with Crippen molar-refractivity contribution >= 4 is 11.9 Å². The van der Waals surface area contributed by atoms with E-state index in [1.54, 1.807) is 20.3 Å². The van der Waals surface area contributed by atoms with Crippen molar-refractivity contribution in [2.75, 3.05) is 20.6 Å². The van der Waals surface area contributed by atoms with Crippen LogP contribution in [0.5, 0.6) is 0 Å². The van der Waals surface area contributed by atoms with Crippen LogP contribution in [-0.2, 0) is 4.79 Å². The zero-order valence-corrected chi connectivity index (χ0v) is 14.8. The average molecular weight is 340 g/mol. The molecule has 1 unspecified atom stereocenters. The SMILES string of the molecule is CC(NC(=O)NCCC(=O)N(C)C)c1ccc(-c2cccnc2)cc1. The van der Waals surface area contributed by atoms with Gasteiger partial charge in [0, 0.05) is 39.5 Å². The maximum Gasteiger partial charge on any atom is 0.315 e. The number of benzene rings is 1. The first-order chi connectivity index (χ1) is 12.0. The Kier molecular flexibility index (Phi) is 6.51. The van der Waals surface area contributed by atoms with E-state index in [0.29, 0.717) is 6.54 Å². The number of carbonyl (C=O) groups excluding carboxylic acids is 2. The van der Waals surface area contributed by atoms with Crippen LogP contribution < -0.4 is 10.6 Å². The van der Waals surface area contributed by atoms with Crippen molar-refractivity contribution in [1.82, 2.24) is 20.5 Å². The van der Waals surface area contributed by atoms with Gasteiger partial charge in [0.2, 0.25) is 5.91 Å². The second-order valence-corrected chi connectivity index (χ2v) is 6.02. The van der Waals surface area contributed by atoms with E-state index in [2.05, 4.69) is 15.6 Å². The van der Waals surface area contributed by atoms with E-state index in [0.717, 1.165) is 16.7 Å². The molecule has 0 saturated heterocycles. The number of carbonyl (C=O) groups is 2. The fourth-order valence-corrected chi connectivity index (χ4v) is 2.34. The van der Waals surface area contributed by atoms with Crippen LogP contribution in [-0.4, -0.2) is 42.5 Å². The Morgan fingerprint density at radius 2 is 1.84 bits per heavy atom. The Labute approximate surface area is 148 Å². The van der Waals surface area contributed by atoms with Crippen LogP contribution in [0.25, 0.3) is 11.1 Å². The lowest BCUT2D eigenvalue weighted by Gasteiger charge is -2.16. The first kappa shape index (κ1) is 18.4. The van der Waals surface area contributed by atoms with Gasteiger partial charge in [-0.15, -0.1) is 0 Å². The summed E-state index contributed by atoms with van der Waals surface area (Å²) in [6, 6.07) is 11.5. The molecule has 0 radical (unpaired) electrons. The van der Waals surface area contributed by atoms with Gasteiger partial charge in [0.1, 0.15) is 0 Å². The van der Waals surface area contributed by atoms with Crippen molar-refractivity contribution in [2.24, 2.45) is 0 Å². The van der Waals surface area contributed by atoms with Gasteiger partial charge in [0.25, 0.3) is 0 Å². The van der Waals surface area contributed by atoms with E-state index >= 15 is 0 Å². The van der Waals surface area contributed by atoms with Gasteiger partial charge in [-0.25, -0.2) is 4.79 Å². The first-order valence-corrected chi connectivity index (χ1v) is 8.22. The van der Waals surface area contributed by atoms with Crippen LogP contribution in [0.4, 0.5) is 4.79 Å². The van der Waals surface area contributed by atoms with Crippen LogP contribution in [0.1, 0.15) is 24.9 Å². The lowest BCUT2D eigenvalue weighted by atomic mass is 10.0. The predicted molar refractivity (Wildman–Crippen MR) is 97.9 cm³/mol. The van der Waals surface area contributed by atoms with Crippen molar-refractivity contribution in [3.63, 3.8) is 0 Å². The summed E-state index contributed by atoms with van der Waals surface area (Å²) in [5.41, 5.74) is 3.14. The summed E-state index contributed by atoms with van der Waals surface area (Å²) in [6.45, 7) is 2.24. The predicted octanol–water partition coefficient (Wildman–Crippen LogP) is 2.59. The van der Waals surface area contributed by atoms with E-state index in [1.165, 1.54) is 4.90 Å². The second kappa shape index (κ2) is 8.82. The van der Waals surface area contributed by atoms with Gasteiger partial charge in [-0.3, -0.25) is 9.78 Å². The zero-order valence-electron chi connectivity index (χ0n) is 14.8. The molecule has 2 rings (SSSR count). The monoisotopic (exact) mass is 340 g/mol. The number of nitrogens with zero attached hydrogens (tertiary/aromatic N) is 2. The quantitative estimate of drug-likeness (QED) is 0.849. The molecule has 0 aliphatic rings. The molecule has 0 saturated carbocycles. The molecule has 1 aromatic carbocycles. The van der Waals surface area contributed by atoms with Crippen LogP contribution in [0.3, 0.4) is 0 Å². The van der Waals surface area contributed by atoms with Crippen LogP contribution >= 0.6 is 0 Å². The van der Waals surface area contributed by atoms with Crippen LogP contribution in [0, 0.1) is 0 Å². The van der Waals surface area contributed by atoms with Crippen molar-refractivity contribution in [1.29, 1.82) is 0 Å². The van der Waals surface area contributed by atoms with Gasteiger partial charge in [0.05, 0.1) is 6.04 Å². The molecule has 2 aromatic rings. The van der Waals surface area contributed by atoms with Crippen molar-refractivity contribution < 1.29 is 9.59 Å². The summed E-state index contributed by atoms with van der Waals surface area (Å²) in [7, 11) is 3.39. The second-order valence-electron chi connectivity index (χ2n) is 6.02. The van der Waals surface area contributed by atoms with E-state index < -0.39 is 0 Å². The van der Waals surface area contributed by atoms with Crippen molar-refractivity contribution in [3.8, 4) is 11.1 Å². The van der Waals surface area contributed by atoms with E-state index in [1.807, 2.05) is 49.5 Å². The lowest BCUT2D eigenvalue weighted by Crippen LogP contribution is -2.38. The molecule has 132 valence electrons. The Bertz CT molecular complexity index is 699. The molecule has 0 aliphatic heterocycles. The van der Waals surface area contributed by atoms with E-state index in [4.69, 9.17) is 0 Å². The molecule has 0 aliphatic carbocycles. The highest BCUT2D eigenvalue weighted by atomic mass is 16.2. The molecule has 0 bridgehead atoms. The smallest absolute Gasteiger partial charge is 0.315 e. The Morgan fingerprint density at radius 3 is 2.44 bits per heavy atom. The Balaban J connectivity index is 1.85. The third-order valence-electron chi connectivity index (χ3n) is 3.88. The topological polar surface area (TPSA) is 74.3 Å². The van der Waals surface area contributed by atoms with Crippen LogP contribution in [0.2, 0.25) is 0 Å². The summed E-state index contributed by atoms with van der Waals surface area (Å²) in [4.78, 5) is 29.0. The number of hydrogen-bond donors (Lipinski definition) is 2. The fourth-order valence-electron chi connectivity index (χ4n) is 2.34. The summed E-state index contributed by atoms with van der Waals surface area (Å²) in [5.74, 6) is -0.0145. The van der Waals surface area contributed by atoms with Crippen LogP contribution in [0.15, 0.2) is 48.8 Å². The largest absolute Gasteiger partial charge is 0.349 e. The third-order valence-corrected chi connectivity index (χ3v) is 3.88. The zero-order chi connectivity index (χ0) is 18.2. The molecule has 1 heterocycles. The van der Waals surface area contributed by atoms with Gasteiger partial charge >= 0.3 is 6.03 Å². The highest BCUT2D eigenvalue weighted by Gasteiger charge is 2.10. The normalized spacial score (nSPS) is 11.5. The fraction of sp³-hybridized carbons (Fsp3) is 0.316. The number of nitrogens with one attached hydrogen (secondary N) is 2. The summed E-state index contributed by atoms with van der Waals surface area (Å²) < 4.78 is 0. The number of aromatic nitrogens is 1. The number of pyridine rings is 1. The minimum Gasteiger partial charge on any atom is -0.349 e. The molecule has 1 aromatic heterocycles. The molecule has 3 amide bonds. The van der Waals surface area contributed by atoms with Crippen molar-refractivity contribution in [2.45, 2.75) is 19.4 Å². The van der Waals surface area contributed by atoms with Gasteiger partial charge in [-0.2, -0.15) is 0 Å². The van der Waals surface area contributed by atoms with Gasteiger partial charge in [-0.1, -0.05) is 30.3 Å². The number of rotatable bonds is 6. The first-order valence-electron chi connectivity index (χ1n) is 8.22. The highest BCUT2D eigenvalue weighted by Crippen LogP contribution is 2.21. The minimum atomic E-state index is -0.282. The molecule has 0 spiro atoms. The Morgan fingerprint density at radius 1 is 1.12 bits per heavy atom. The highest BCUT2D eigenvalue weighted by molar-refractivity contribution is 5.78. The number of hydrogen-bond acceptors (Lipinski definition) is 3. The lowest BCUT2D eigenvalue weighted by molar-refractivity contribution is -0.128. The van der Waals surface area contributed by atoms with Crippen molar-refractivity contribution in [3.05, 3.63) is 54.4 Å². The molecule has 2 N–H and O–H groups in total. The molecule has 0 fully saturated rings. The van der Waals surface area contributed by atoms with Gasteiger partial charge in [-0.05, 0) is 29.7 Å². The average Bonchev–Trinajstić information content (AvgIpc) is 2.62. The minimum absolute atomic E-state index is 0.0145.